The number of amides is 1. The number of carbonyl (C=O) groups is 2. The lowest BCUT2D eigenvalue weighted by molar-refractivity contribution is -0.830. The zero-order chi connectivity index (χ0) is 16.3. The fourth-order valence-corrected chi connectivity index (χ4v) is 2.85. The van der Waals surface area contributed by atoms with Crippen molar-refractivity contribution in [3.63, 3.8) is 0 Å². The van der Waals surface area contributed by atoms with E-state index in [4.69, 9.17) is 0 Å². The Morgan fingerprint density at radius 1 is 0.810 bits per heavy atom. The molecule has 3 heteroatoms. The average Bonchev–Trinajstić information content (AvgIpc) is 2.40. The first-order valence-electron chi connectivity index (χ1n) is 8.69. The molecule has 0 spiro atoms. The predicted octanol–water partition coefficient (Wildman–Crippen LogP) is 4.49. The van der Waals surface area contributed by atoms with Gasteiger partial charge in [0.15, 0.2) is 11.8 Å². The molecular formula is C18H36NO2+. The van der Waals surface area contributed by atoms with E-state index in [-0.39, 0.29) is 22.2 Å². The second-order valence-electron chi connectivity index (χ2n) is 6.80. The molecule has 0 saturated carbocycles. The molecule has 0 aromatic heterocycles. The van der Waals surface area contributed by atoms with Crippen molar-refractivity contribution in [1.82, 2.24) is 0 Å². The van der Waals surface area contributed by atoms with Gasteiger partial charge in [0.2, 0.25) is 0 Å². The van der Waals surface area contributed by atoms with Crippen molar-refractivity contribution in [2.24, 2.45) is 0 Å². The molecule has 0 aliphatic heterocycles. The van der Waals surface area contributed by atoms with Gasteiger partial charge in [-0.2, -0.15) is 0 Å². The summed E-state index contributed by atoms with van der Waals surface area (Å²) >= 11 is 0. The molecule has 0 N–H and O–H groups in total. The molecule has 0 aliphatic rings. The van der Waals surface area contributed by atoms with Crippen molar-refractivity contribution in [2.75, 3.05) is 14.1 Å². The Morgan fingerprint density at radius 2 is 1.24 bits per heavy atom. The predicted molar refractivity (Wildman–Crippen MR) is 89.1 cm³/mol. The van der Waals surface area contributed by atoms with Gasteiger partial charge in [0.25, 0.3) is 0 Å². The molecule has 21 heavy (non-hydrogen) atoms. The Morgan fingerprint density at radius 3 is 1.62 bits per heavy atom. The lowest BCUT2D eigenvalue weighted by Crippen LogP contribution is -2.55. The van der Waals surface area contributed by atoms with Crippen molar-refractivity contribution < 1.29 is 14.1 Å². The number of Topliss-reactive ketones (excluding diaryl/α,β-unsaturated/α-hetero) is 1. The van der Waals surface area contributed by atoms with Crippen LogP contribution < -0.4 is 0 Å². The SMILES string of the molecule is CCCCCCCCCCCC(C(C)=O)[N+](C)(C)C(C)=O. The lowest BCUT2D eigenvalue weighted by atomic mass is 10.0. The number of hydrogen-bond donors (Lipinski definition) is 0. The number of rotatable bonds is 12. The smallest absolute Gasteiger partial charge is 0.293 e. The largest absolute Gasteiger partial charge is 0.310 e. The van der Waals surface area contributed by atoms with Gasteiger partial charge in [0.1, 0.15) is 0 Å². The summed E-state index contributed by atoms with van der Waals surface area (Å²) < 4.78 is 0.187. The molecule has 0 heterocycles. The van der Waals surface area contributed by atoms with Crippen LogP contribution >= 0.6 is 0 Å². The molecule has 0 aromatic rings. The number of likely N-dealkylation sites (N-methyl/N-ethyl adjacent to an activating group) is 1. The van der Waals surface area contributed by atoms with Crippen molar-refractivity contribution in [3.05, 3.63) is 0 Å². The normalized spacial score (nSPS) is 13.2. The van der Waals surface area contributed by atoms with Crippen LogP contribution in [0.2, 0.25) is 0 Å². The van der Waals surface area contributed by atoms with Gasteiger partial charge >= 0.3 is 5.91 Å². The van der Waals surface area contributed by atoms with Crippen LogP contribution in [-0.4, -0.2) is 36.3 Å². The molecule has 0 radical (unpaired) electrons. The van der Waals surface area contributed by atoms with Crippen LogP contribution in [0.1, 0.15) is 85.0 Å². The fraction of sp³-hybridized carbons (Fsp3) is 0.889. The van der Waals surface area contributed by atoms with Gasteiger partial charge in [-0.1, -0.05) is 58.3 Å². The second-order valence-corrected chi connectivity index (χ2v) is 6.80. The van der Waals surface area contributed by atoms with Gasteiger partial charge in [-0.3, -0.25) is 9.28 Å². The van der Waals surface area contributed by atoms with Gasteiger partial charge in [0, 0.05) is 13.3 Å². The van der Waals surface area contributed by atoms with E-state index in [1.807, 2.05) is 14.1 Å². The number of unbranched alkanes of at least 4 members (excludes halogenated alkanes) is 8. The minimum atomic E-state index is -0.174. The van der Waals surface area contributed by atoms with Gasteiger partial charge < -0.3 is 0 Å². The van der Waals surface area contributed by atoms with Crippen molar-refractivity contribution >= 4 is 11.7 Å². The summed E-state index contributed by atoms with van der Waals surface area (Å²) in [7, 11) is 3.70. The molecule has 124 valence electrons. The van der Waals surface area contributed by atoms with E-state index < -0.39 is 0 Å². The zero-order valence-corrected chi connectivity index (χ0v) is 14.9. The first-order chi connectivity index (χ1) is 9.84. The molecular weight excluding hydrogens is 262 g/mol. The highest BCUT2D eigenvalue weighted by Gasteiger charge is 2.35. The lowest BCUT2D eigenvalue weighted by Gasteiger charge is -2.33. The first-order valence-corrected chi connectivity index (χ1v) is 8.69. The Bertz CT molecular complexity index is 310. The van der Waals surface area contributed by atoms with Gasteiger partial charge in [-0.05, 0) is 6.42 Å². The zero-order valence-electron chi connectivity index (χ0n) is 14.9. The first kappa shape index (κ1) is 20.3. The number of carbonyl (C=O) groups excluding carboxylic acids is 2. The van der Waals surface area contributed by atoms with E-state index >= 15 is 0 Å². The molecule has 0 fully saturated rings. The van der Waals surface area contributed by atoms with Crippen molar-refractivity contribution in [3.8, 4) is 0 Å². The van der Waals surface area contributed by atoms with E-state index in [9.17, 15) is 9.59 Å². The summed E-state index contributed by atoms with van der Waals surface area (Å²) in [4.78, 5) is 23.5. The number of quaternary nitrogens is 1. The van der Waals surface area contributed by atoms with E-state index in [0.29, 0.717) is 0 Å². The summed E-state index contributed by atoms with van der Waals surface area (Å²) in [6, 6.07) is -0.174. The number of hydrogen-bond acceptors (Lipinski definition) is 2. The van der Waals surface area contributed by atoms with Crippen LogP contribution in [0.4, 0.5) is 0 Å². The molecule has 0 rings (SSSR count). The highest BCUT2D eigenvalue weighted by molar-refractivity contribution is 5.82. The molecule has 0 bridgehead atoms. The quantitative estimate of drug-likeness (QED) is 0.393. The summed E-state index contributed by atoms with van der Waals surface area (Å²) in [5, 5.41) is 0. The minimum absolute atomic E-state index is 0.0612. The molecule has 1 unspecified atom stereocenters. The third kappa shape index (κ3) is 8.35. The molecule has 0 aliphatic carbocycles. The Balaban J connectivity index is 3.87. The molecule has 1 atom stereocenters. The van der Waals surface area contributed by atoms with Gasteiger partial charge in [0.05, 0.1) is 21.0 Å². The van der Waals surface area contributed by atoms with E-state index in [1.165, 1.54) is 51.4 Å². The minimum Gasteiger partial charge on any atom is -0.293 e. The molecule has 3 nitrogen and oxygen atoms in total. The molecule has 0 saturated heterocycles. The fourth-order valence-electron chi connectivity index (χ4n) is 2.85. The maximum atomic E-state index is 11.8. The Kier molecular flexibility index (Phi) is 10.6. The molecule has 0 aromatic carbocycles. The monoisotopic (exact) mass is 298 g/mol. The standard InChI is InChI=1S/C18H36NO2/c1-6-7-8-9-10-11-12-13-14-15-18(16(2)20)19(4,5)17(3)21/h18H,6-15H2,1-5H3/q+1. The van der Waals surface area contributed by atoms with E-state index in [2.05, 4.69) is 6.92 Å². The van der Waals surface area contributed by atoms with Gasteiger partial charge in [-0.15, -0.1) is 0 Å². The Labute approximate surface area is 131 Å². The summed E-state index contributed by atoms with van der Waals surface area (Å²) in [5.41, 5.74) is 0. The average molecular weight is 298 g/mol. The maximum absolute atomic E-state index is 11.8. The van der Waals surface area contributed by atoms with Crippen LogP contribution in [0.3, 0.4) is 0 Å². The van der Waals surface area contributed by atoms with Crippen molar-refractivity contribution in [2.45, 2.75) is 91.0 Å². The highest BCUT2D eigenvalue weighted by atomic mass is 16.2. The topological polar surface area (TPSA) is 34.1 Å². The third-order valence-corrected chi connectivity index (χ3v) is 4.64. The van der Waals surface area contributed by atoms with Crippen LogP contribution in [-0.2, 0) is 9.59 Å². The number of ketones is 1. The highest BCUT2D eigenvalue weighted by Crippen LogP contribution is 2.17. The van der Waals surface area contributed by atoms with Crippen LogP contribution in [0.15, 0.2) is 0 Å². The summed E-state index contributed by atoms with van der Waals surface area (Å²) in [6.45, 7) is 5.43. The van der Waals surface area contributed by atoms with Crippen LogP contribution in [0.25, 0.3) is 0 Å². The maximum Gasteiger partial charge on any atom is 0.310 e. The number of nitrogens with zero attached hydrogens (tertiary/aromatic N) is 1. The third-order valence-electron chi connectivity index (χ3n) is 4.64. The van der Waals surface area contributed by atoms with E-state index in [0.717, 1.165) is 12.8 Å². The summed E-state index contributed by atoms with van der Waals surface area (Å²) in [5.74, 6) is 0.195. The van der Waals surface area contributed by atoms with E-state index in [1.54, 1.807) is 13.8 Å². The summed E-state index contributed by atoms with van der Waals surface area (Å²) in [6.07, 6.45) is 12.3. The van der Waals surface area contributed by atoms with Crippen molar-refractivity contribution in [1.29, 1.82) is 0 Å². The molecule has 1 amide bonds. The van der Waals surface area contributed by atoms with Crippen LogP contribution in [0.5, 0.6) is 0 Å². The Hall–Kier alpha value is -0.700. The van der Waals surface area contributed by atoms with Gasteiger partial charge in [-0.25, -0.2) is 4.79 Å². The second kappa shape index (κ2) is 10.9. The van der Waals surface area contributed by atoms with Crippen LogP contribution in [0, 0.1) is 0 Å².